The molecule has 2 nitrogen and oxygen atoms in total. The van der Waals surface area contributed by atoms with Crippen molar-refractivity contribution in [2.75, 3.05) is 27.2 Å². The van der Waals surface area contributed by atoms with Crippen LogP contribution in [0.1, 0.15) is 6.92 Å². The Bertz CT molecular complexity index is 450. The Labute approximate surface area is 104 Å². The maximum absolute atomic E-state index is 3.93. The van der Waals surface area contributed by atoms with Crippen molar-refractivity contribution in [2.45, 2.75) is 6.92 Å². The van der Waals surface area contributed by atoms with Gasteiger partial charge in [0.25, 0.3) is 0 Å². The van der Waals surface area contributed by atoms with Crippen molar-refractivity contribution in [3.05, 3.63) is 59.5 Å². The summed E-state index contributed by atoms with van der Waals surface area (Å²) in [5.74, 6) is 0. The van der Waals surface area contributed by atoms with E-state index < -0.39 is 0 Å². The van der Waals surface area contributed by atoms with Crippen LogP contribution in [0.5, 0.6) is 0 Å². The van der Waals surface area contributed by atoms with Crippen molar-refractivity contribution in [3.63, 3.8) is 0 Å². The topological polar surface area (TPSA) is 6.48 Å². The molecule has 0 saturated heterocycles. The Morgan fingerprint density at radius 2 is 1.65 bits per heavy atom. The van der Waals surface area contributed by atoms with Crippen LogP contribution in [0, 0.1) is 0 Å². The second-order valence-electron chi connectivity index (χ2n) is 4.57. The Morgan fingerprint density at radius 1 is 1.06 bits per heavy atom. The third kappa shape index (κ3) is 2.07. The van der Waals surface area contributed by atoms with Crippen LogP contribution >= 0.6 is 0 Å². The van der Waals surface area contributed by atoms with E-state index >= 15 is 0 Å². The second kappa shape index (κ2) is 4.66. The van der Waals surface area contributed by atoms with Crippen LogP contribution in [0.3, 0.4) is 0 Å². The third-order valence-electron chi connectivity index (χ3n) is 3.46. The average molecular weight is 228 g/mol. The highest BCUT2D eigenvalue weighted by Crippen LogP contribution is 2.28. The van der Waals surface area contributed by atoms with E-state index in [0.29, 0.717) is 0 Å². The lowest BCUT2D eigenvalue weighted by Gasteiger charge is -2.30. The van der Waals surface area contributed by atoms with E-state index in [0.717, 1.165) is 13.1 Å². The summed E-state index contributed by atoms with van der Waals surface area (Å²) >= 11 is 0. The van der Waals surface area contributed by atoms with Crippen molar-refractivity contribution < 1.29 is 0 Å². The maximum Gasteiger partial charge on any atom is 0.0440 e. The fraction of sp³-hybridized carbons (Fsp3) is 0.333. The normalized spacial score (nSPS) is 20.4. The first kappa shape index (κ1) is 11.8. The number of rotatable bonds is 2. The van der Waals surface area contributed by atoms with E-state index in [9.17, 15) is 0 Å². The minimum absolute atomic E-state index is 0.955. The molecule has 2 aliphatic rings. The molecule has 0 amide bonds. The molecule has 0 bridgehead atoms. The van der Waals surface area contributed by atoms with Crippen molar-refractivity contribution >= 4 is 0 Å². The van der Waals surface area contributed by atoms with Gasteiger partial charge in [0.05, 0.1) is 0 Å². The molecule has 0 atom stereocenters. The van der Waals surface area contributed by atoms with Crippen molar-refractivity contribution in [2.24, 2.45) is 0 Å². The van der Waals surface area contributed by atoms with Crippen LogP contribution in [0.25, 0.3) is 0 Å². The maximum atomic E-state index is 3.93. The highest BCUT2D eigenvalue weighted by molar-refractivity contribution is 5.55. The van der Waals surface area contributed by atoms with Crippen molar-refractivity contribution in [3.8, 4) is 0 Å². The first-order chi connectivity index (χ1) is 8.15. The largest absolute Gasteiger partial charge is 0.374 e. The summed E-state index contributed by atoms with van der Waals surface area (Å²) in [6.07, 6.45) is 10.8. The van der Waals surface area contributed by atoms with Crippen LogP contribution in [-0.2, 0) is 0 Å². The zero-order valence-corrected chi connectivity index (χ0v) is 10.9. The van der Waals surface area contributed by atoms with Crippen molar-refractivity contribution in [1.29, 1.82) is 0 Å². The smallest absolute Gasteiger partial charge is 0.0440 e. The predicted molar refractivity (Wildman–Crippen MR) is 73.5 cm³/mol. The molecule has 0 fully saturated rings. The van der Waals surface area contributed by atoms with Gasteiger partial charge in [-0.25, -0.2) is 0 Å². The number of nitrogens with zero attached hydrogens (tertiary/aromatic N) is 2. The molecule has 0 aromatic carbocycles. The van der Waals surface area contributed by atoms with E-state index in [-0.39, 0.29) is 0 Å². The van der Waals surface area contributed by atoms with Crippen LogP contribution in [-0.4, -0.2) is 37.0 Å². The molecular weight excluding hydrogens is 208 g/mol. The average Bonchev–Trinajstić information content (AvgIpc) is 2.32. The van der Waals surface area contributed by atoms with Crippen LogP contribution in [0.15, 0.2) is 59.5 Å². The molecule has 2 heterocycles. The summed E-state index contributed by atoms with van der Waals surface area (Å²) in [7, 11) is 4.23. The third-order valence-corrected chi connectivity index (χ3v) is 3.46. The quantitative estimate of drug-likeness (QED) is 0.717. The Morgan fingerprint density at radius 3 is 2.29 bits per heavy atom. The molecule has 0 aromatic rings. The molecular formula is C15H20N2. The summed E-state index contributed by atoms with van der Waals surface area (Å²) in [4.78, 5) is 4.50. The lowest BCUT2D eigenvalue weighted by atomic mass is 9.96. The van der Waals surface area contributed by atoms with Crippen LogP contribution in [0.4, 0.5) is 0 Å². The zero-order chi connectivity index (χ0) is 12.4. The Kier molecular flexibility index (Phi) is 3.23. The van der Waals surface area contributed by atoms with Gasteiger partial charge in [-0.1, -0.05) is 30.9 Å². The molecule has 17 heavy (non-hydrogen) atoms. The van der Waals surface area contributed by atoms with E-state index in [1.165, 1.54) is 22.5 Å². The molecule has 0 spiro atoms. The van der Waals surface area contributed by atoms with E-state index in [2.05, 4.69) is 61.7 Å². The van der Waals surface area contributed by atoms with Gasteiger partial charge in [-0.2, -0.15) is 0 Å². The Hall–Kier alpha value is -1.70. The predicted octanol–water partition coefficient (Wildman–Crippen LogP) is 2.70. The number of hydrogen-bond donors (Lipinski definition) is 0. The lowest BCUT2D eigenvalue weighted by Crippen LogP contribution is -2.24. The molecule has 0 aromatic heterocycles. The van der Waals surface area contributed by atoms with Gasteiger partial charge in [-0.15, -0.1) is 0 Å². The summed E-state index contributed by atoms with van der Waals surface area (Å²) in [6, 6.07) is 0. The molecule has 0 unspecified atom stereocenters. The Balaban J connectivity index is 2.52. The molecule has 0 radical (unpaired) electrons. The molecule has 2 heteroatoms. The first-order valence-corrected chi connectivity index (χ1v) is 5.98. The summed E-state index contributed by atoms with van der Waals surface area (Å²) < 4.78 is 0. The molecule has 0 saturated carbocycles. The van der Waals surface area contributed by atoms with Gasteiger partial charge in [-0.05, 0) is 13.0 Å². The van der Waals surface area contributed by atoms with Crippen molar-refractivity contribution in [1.82, 2.24) is 9.80 Å². The minimum Gasteiger partial charge on any atom is -0.374 e. The van der Waals surface area contributed by atoms with Gasteiger partial charge in [-0.3, -0.25) is 0 Å². The number of hydrogen-bond acceptors (Lipinski definition) is 2. The molecule has 0 N–H and O–H groups in total. The van der Waals surface area contributed by atoms with Crippen LogP contribution in [0.2, 0.25) is 0 Å². The van der Waals surface area contributed by atoms with E-state index in [4.69, 9.17) is 0 Å². The van der Waals surface area contributed by atoms with E-state index in [1.807, 2.05) is 6.08 Å². The van der Waals surface area contributed by atoms with Gasteiger partial charge >= 0.3 is 0 Å². The fourth-order valence-electron chi connectivity index (χ4n) is 2.29. The van der Waals surface area contributed by atoms with Gasteiger partial charge < -0.3 is 9.80 Å². The summed E-state index contributed by atoms with van der Waals surface area (Å²) in [5, 5.41) is 0. The highest BCUT2D eigenvalue weighted by atomic mass is 15.1. The van der Waals surface area contributed by atoms with E-state index in [1.54, 1.807) is 0 Å². The van der Waals surface area contributed by atoms with Gasteiger partial charge in [0.1, 0.15) is 0 Å². The molecule has 90 valence electrons. The molecule has 2 rings (SSSR count). The minimum atomic E-state index is 0.955. The van der Waals surface area contributed by atoms with Crippen LogP contribution < -0.4 is 0 Å². The summed E-state index contributed by atoms with van der Waals surface area (Å²) in [5.41, 5.74) is 5.11. The fourth-order valence-corrected chi connectivity index (χ4v) is 2.29. The second-order valence-corrected chi connectivity index (χ2v) is 4.57. The number of allylic oxidation sites excluding steroid dienone is 6. The van der Waals surface area contributed by atoms with Gasteiger partial charge in [0, 0.05) is 49.7 Å². The van der Waals surface area contributed by atoms with Gasteiger partial charge in [0.2, 0.25) is 0 Å². The highest BCUT2D eigenvalue weighted by Gasteiger charge is 2.17. The zero-order valence-electron chi connectivity index (χ0n) is 10.9. The molecule has 0 aliphatic carbocycles. The molecule has 2 aliphatic heterocycles. The monoisotopic (exact) mass is 228 g/mol. The van der Waals surface area contributed by atoms with Gasteiger partial charge in [0.15, 0.2) is 0 Å². The standard InChI is InChI=1S/C15H20N2/c1-5-15-14(9-7-11-17(15)4)13-8-6-10-16(3)12(13)2/h5-9H,1,10-11H2,2-4H3. The summed E-state index contributed by atoms with van der Waals surface area (Å²) in [6.45, 7) is 8.05. The number of likely N-dealkylation sites (N-methyl/N-ethyl adjacent to an activating group) is 2. The first-order valence-electron chi connectivity index (χ1n) is 5.98. The lowest BCUT2D eigenvalue weighted by molar-refractivity contribution is 0.451. The SMILES string of the molecule is C=CC1=C(C2=C(C)N(C)CC=C2)C=CCN1C.